The van der Waals surface area contributed by atoms with E-state index in [1.807, 2.05) is 0 Å². The van der Waals surface area contributed by atoms with Crippen LogP contribution in [0.4, 0.5) is 0 Å². The molecule has 6 rings (SSSR count). The predicted molar refractivity (Wildman–Crippen MR) is 101 cm³/mol. The van der Waals surface area contributed by atoms with E-state index in [4.69, 9.17) is 10.2 Å². The maximum absolute atomic E-state index is 4.89. The summed E-state index contributed by atoms with van der Waals surface area (Å²) >= 11 is 0. The lowest BCUT2D eigenvalue weighted by atomic mass is 9.49. The average Bonchev–Trinajstić information content (AvgIpc) is 2.97. The highest BCUT2D eigenvalue weighted by Crippen LogP contribution is 2.60. The van der Waals surface area contributed by atoms with E-state index in [1.165, 1.54) is 108 Å². The van der Waals surface area contributed by atoms with E-state index in [0.717, 1.165) is 24.2 Å². The first-order valence-electron chi connectivity index (χ1n) is 11.2. The van der Waals surface area contributed by atoms with Crippen molar-refractivity contribution in [1.82, 2.24) is 14.8 Å². The molecule has 0 atom stereocenters. The van der Waals surface area contributed by atoms with Crippen molar-refractivity contribution >= 4 is 0 Å². The van der Waals surface area contributed by atoms with Crippen LogP contribution in [0.5, 0.6) is 0 Å². The Labute approximate surface area is 153 Å². The number of hydrogen-bond acceptors (Lipinski definition) is 2. The minimum Gasteiger partial charge on any atom is -0.315 e. The van der Waals surface area contributed by atoms with Gasteiger partial charge in [0.2, 0.25) is 0 Å². The third kappa shape index (κ3) is 3.06. The Balaban J connectivity index is 1.44. The summed E-state index contributed by atoms with van der Waals surface area (Å²) in [4.78, 5) is 0. The standard InChI is InChI=1S/C22H35N3/c1-2-4-6-8-10-25-20(9-7-5-3-1)23-24-21(25)22-14-17-11-18(15-22)13-19(12-17)16-22/h17-19H,1-16H2. The van der Waals surface area contributed by atoms with Crippen LogP contribution in [0.2, 0.25) is 0 Å². The highest BCUT2D eigenvalue weighted by atomic mass is 15.3. The number of hydrogen-bond donors (Lipinski definition) is 0. The van der Waals surface area contributed by atoms with Gasteiger partial charge < -0.3 is 4.57 Å². The smallest absolute Gasteiger partial charge is 0.139 e. The first kappa shape index (κ1) is 16.3. The quantitative estimate of drug-likeness (QED) is 0.682. The van der Waals surface area contributed by atoms with Gasteiger partial charge in [-0.25, -0.2) is 0 Å². The SMILES string of the molecule is C1CCCCCn2c(nnc2C23CC4CC(CC(C4)C2)C3)CCCC1. The molecule has 4 bridgehead atoms. The van der Waals surface area contributed by atoms with Gasteiger partial charge in [-0.3, -0.25) is 0 Å². The predicted octanol–water partition coefficient (Wildman–Crippen LogP) is 5.42. The zero-order valence-electron chi connectivity index (χ0n) is 15.9. The van der Waals surface area contributed by atoms with E-state index < -0.39 is 0 Å². The van der Waals surface area contributed by atoms with Gasteiger partial charge in [-0.05, 0) is 69.1 Å². The maximum Gasteiger partial charge on any atom is 0.139 e. The zero-order valence-corrected chi connectivity index (χ0v) is 15.9. The summed E-state index contributed by atoms with van der Waals surface area (Å²) in [5.74, 6) is 5.70. The maximum atomic E-state index is 4.89. The second-order valence-electron chi connectivity index (χ2n) is 9.87. The molecule has 4 fully saturated rings. The molecule has 0 radical (unpaired) electrons. The molecule has 0 saturated heterocycles. The minimum absolute atomic E-state index is 0.400. The zero-order chi connectivity index (χ0) is 16.7. The van der Waals surface area contributed by atoms with E-state index in [0.29, 0.717) is 5.41 Å². The van der Waals surface area contributed by atoms with Crippen molar-refractivity contribution in [2.75, 3.05) is 0 Å². The fourth-order valence-electron chi connectivity index (χ4n) is 7.15. The summed E-state index contributed by atoms with van der Waals surface area (Å²) in [6.07, 6.45) is 21.0. The summed E-state index contributed by atoms with van der Waals surface area (Å²) in [5.41, 5.74) is 0.400. The van der Waals surface area contributed by atoms with Gasteiger partial charge in [0.1, 0.15) is 11.6 Å². The number of aryl methyl sites for hydroxylation is 1. The van der Waals surface area contributed by atoms with Gasteiger partial charge in [0.15, 0.2) is 0 Å². The van der Waals surface area contributed by atoms with Crippen LogP contribution in [0.3, 0.4) is 0 Å². The molecule has 1 aliphatic heterocycles. The lowest BCUT2D eigenvalue weighted by Crippen LogP contribution is -2.49. The molecule has 1 aromatic rings. The van der Waals surface area contributed by atoms with Crippen molar-refractivity contribution in [3.8, 4) is 0 Å². The molecule has 0 amide bonds. The molecule has 0 aromatic carbocycles. The minimum atomic E-state index is 0.400. The normalized spacial score (nSPS) is 38.8. The van der Waals surface area contributed by atoms with Crippen LogP contribution in [0, 0.1) is 17.8 Å². The van der Waals surface area contributed by atoms with Crippen molar-refractivity contribution in [3.63, 3.8) is 0 Å². The van der Waals surface area contributed by atoms with Gasteiger partial charge in [0.05, 0.1) is 0 Å². The molecule has 3 heteroatoms. The van der Waals surface area contributed by atoms with E-state index >= 15 is 0 Å². The van der Waals surface area contributed by atoms with Crippen LogP contribution in [-0.2, 0) is 18.4 Å². The highest BCUT2D eigenvalue weighted by Gasteiger charge is 2.53. The number of aromatic nitrogens is 3. The van der Waals surface area contributed by atoms with Crippen molar-refractivity contribution in [3.05, 3.63) is 11.6 Å². The average molecular weight is 342 g/mol. The largest absolute Gasteiger partial charge is 0.315 e. The molecular weight excluding hydrogens is 306 g/mol. The van der Waals surface area contributed by atoms with Crippen LogP contribution < -0.4 is 0 Å². The molecule has 3 nitrogen and oxygen atoms in total. The Morgan fingerprint density at radius 3 is 1.88 bits per heavy atom. The van der Waals surface area contributed by atoms with Crippen LogP contribution >= 0.6 is 0 Å². The van der Waals surface area contributed by atoms with Crippen molar-refractivity contribution < 1.29 is 0 Å². The van der Waals surface area contributed by atoms with E-state index in [9.17, 15) is 0 Å². The Kier molecular flexibility index (Phi) is 4.38. The van der Waals surface area contributed by atoms with E-state index in [2.05, 4.69) is 4.57 Å². The molecule has 2 heterocycles. The Morgan fingerprint density at radius 2 is 1.24 bits per heavy atom. The lowest BCUT2D eigenvalue weighted by molar-refractivity contribution is -0.0113. The van der Waals surface area contributed by atoms with E-state index in [-0.39, 0.29) is 0 Å². The summed E-state index contributed by atoms with van der Waals surface area (Å²) in [6, 6.07) is 0. The number of rotatable bonds is 1. The third-order valence-electron chi connectivity index (χ3n) is 7.87. The molecular formula is C22H35N3. The molecule has 0 spiro atoms. The van der Waals surface area contributed by atoms with Gasteiger partial charge in [0.25, 0.3) is 0 Å². The molecule has 25 heavy (non-hydrogen) atoms. The topological polar surface area (TPSA) is 30.7 Å². The van der Waals surface area contributed by atoms with Gasteiger partial charge in [0, 0.05) is 18.4 Å². The first-order valence-corrected chi connectivity index (χ1v) is 11.2. The second kappa shape index (κ2) is 6.70. The fourth-order valence-corrected chi connectivity index (χ4v) is 7.15. The summed E-state index contributed by atoms with van der Waals surface area (Å²) in [7, 11) is 0. The van der Waals surface area contributed by atoms with Crippen molar-refractivity contribution in [1.29, 1.82) is 0 Å². The van der Waals surface area contributed by atoms with Gasteiger partial charge in [-0.15, -0.1) is 10.2 Å². The molecule has 0 unspecified atom stereocenters. The molecule has 0 N–H and O–H groups in total. The fraction of sp³-hybridized carbons (Fsp3) is 0.909. The molecule has 5 aliphatic rings. The first-order chi connectivity index (χ1) is 12.3. The Morgan fingerprint density at radius 1 is 0.680 bits per heavy atom. The van der Waals surface area contributed by atoms with Crippen LogP contribution in [0.25, 0.3) is 0 Å². The Bertz CT molecular complexity index is 567. The number of nitrogens with zero attached hydrogens (tertiary/aromatic N) is 3. The second-order valence-corrected chi connectivity index (χ2v) is 9.87. The van der Waals surface area contributed by atoms with Gasteiger partial charge >= 0.3 is 0 Å². The van der Waals surface area contributed by atoms with E-state index in [1.54, 1.807) is 0 Å². The van der Waals surface area contributed by atoms with Gasteiger partial charge in [-0.1, -0.05) is 38.5 Å². The monoisotopic (exact) mass is 341 g/mol. The molecule has 4 aliphatic carbocycles. The molecule has 4 saturated carbocycles. The summed E-state index contributed by atoms with van der Waals surface area (Å²) in [5, 5.41) is 9.65. The van der Waals surface area contributed by atoms with Crippen molar-refractivity contribution in [2.24, 2.45) is 17.8 Å². The number of fused-ring (bicyclic) bond motifs is 1. The van der Waals surface area contributed by atoms with Crippen LogP contribution in [-0.4, -0.2) is 14.8 Å². The lowest BCUT2D eigenvalue weighted by Gasteiger charge is -2.56. The third-order valence-corrected chi connectivity index (χ3v) is 7.87. The highest BCUT2D eigenvalue weighted by molar-refractivity contribution is 5.19. The Hall–Kier alpha value is -0.860. The van der Waals surface area contributed by atoms with Crippen molar-refractivity contribution in [2.45, 2.75) is 108 Å². The molecule has 1 aromatic heterocycles. The molecule has 138 valence electrons. The van der Waals surface area contributed by atoms with Crippen LogP contribution in [0.1, 0.15) is 102 Å². The van der Waals surface area contributed by atoms with Crippen LogP contribution in [0.15, 0.2) is 0 Å². The summed E-state index contributed by atoms with van der Waals surface area (Å²) < 4.78 is 2.62. The van der Waals surface area contributed by atoms with Gasteiger partial charge in [-0.2, -0.15) is 0 Å². The summed E-state index contributed by atoms with van der Waals surface area (Å²) in [6.45, 7) is 1.18.